The summed E-state index contributed by atoms with van der Waals surface area (Å²) < 4.78 is 5.47. The van der Waals surface area contributed by atoms with Crippen LogP contribution in [-0.2, 0) is 4.74 Å². The largest absolute Gasteiger partial charge is 0.381 e. The molecule has 94 valence electrons. The third-order valence-electron chi connectivity index (χ3n) is 3.64. The van der Waals surface area contributed by atoms with Crippen molar-refractivity contribution in [3.8, 4) is 0 Å². The van der Waals surface area contributed by atoms with Crippen molar-refractivity contribution in [2.24, 2.45) is 11.8 Å². The van der Waals surface area contributed by atoms with Crippen LogP contribution >= 0.6 is 23.5 Å². The summed E-state index contributed by atoms with van der Waals surface area (Å²) in [5, 5.41) is 2.12. The van der Waals surface area contributed by atoms with Crippen LogP contribution in [0.4, 0.5) is 0 Å². The summed E-state index contributed by atoms with van der Waals surface area (Å²) in [6.45, 7) is 6.43. The van der Waals surface area contributed by atoms with Gasteiger partial charge in [-0.15, -0.1) is 0 Å². The van der Waals surface area contributed by atoms with Crippen LogP contribution in [0.3, 0.4) is 0 Å². The monoisotopic (exact) mass is 262 g/mol. The molecule has 2 saturated heterocycles. The zero-order valence-electron chi connectivity index (χ0n) is 10.0. The molecule has 0 bridgehead atoms. The SMILES string of the molecule is CC1SCC(C(NN)C2CCOC2)SC1C. The second-order valence-corrected chi connectivity index (χ2v) is 7.77. The van der Waals surface area contributed by atoms with E-state index in [1.54, 1.807) is 0 Å². The van der Waals surface area contributed by atoms with E-state index in [9.17, 15) is 0 Å². The average molecular weight is 262 g/mol. The third-order valence-corrected chi connectivity index (χ3v) is 7.16. The molecule has 0 spiro atoms. The number of hydrogen-bond donors (Lipinski definition) is 2. The molecule has 16 heavy (non-hydrogen) atoms. The zero-order chi connectivity index (χ0) is 11.5. The molecule has 3 nitrogen and oxygen atoms in total. The minimum Gasteiger partial charge on any atom is -0.381 e. The molecule has 5 heteroatoms. The fourth-order valence-corrected chi connectivity index (χ4v) is 5.57. The first-order chi connectivity index (χ1) is 7.72. The Bertz CT molecular complexity index is 224. The van der Waals surface area contributed by atoms with E-state index in [-0.39, 0.29) is 0 Å². The van der Waals surface area contributed by atoms with Gasteiger partial charge in [-0.2, -0.15) is 23.5 Å². The van der Waals surface area contributed by atoms with Gasteiger partial charge in [0, 0.05) is 40.1 Å². The highest BCUT2D eigenvalue weighted by Gasteiger charge is 2.36. The summed E-state index contributed by atoms with van der Waals surface area (Å²) >= 11 is 4.17. The Labute approximate surface area is 107 Å². The topological polar surface area (TPSA) is 47.3 Å². The highest BCUT2D eigenvalue weighted by Crippen LogP contribution is 2.39. The molecular weight excluding hydrogens is 240 g/mol. The molecule has 2 aliphatic rings. The van der Waals surface area contributed by atoms with Crippen molar-refractivity contribution in [1.29, 1.82) is 0 Å². The predicted molar refractivity (Wildman–Crippen MR) is 72.8 cm³/mol. The van der Waals surface area contributed by atoms with Gasteiger partial charge in [-0.3, -0.25) is 11.3 Å². The standard InChI is InChI=1S/C11H22N2OS2/c1-7-8(2)16-10(6-15-7)11(13-12)9-3-4-14-5-9/h7-11,13H,3-6,12H2,1-2H3. The van der Waals surface area contributed by atoms with Gasteiger partial charge in [0.25, 0.3) is 0 Å². The van der Waals surface area contributed by atoms with E-state index in [1.807, 2.05) is 0 Å². The lowest BCUT2D eigenvalue weighted by Gasteiger charge is -2.37. The number of hydrazine groups is 1. The molecule has 0 saturated carbocycles. The number of hydrogen-bond acceptors (Lipinski definition) is 5. The van der Waals surface area contributed by atoms with Crippen molar-refractivity contribution < 1.29 is 4.74 Å². The van der Waals surface area contributed by atoms with E-state index in [0.717, 1.165) is 30.1 Å². The smallest absolute Gasteiger partial charge is 0.0510 e. The van der Waals surface area contributed by atoms with E-state index < -0.39 is 0 Å². The summed E-state index contributed by atoms with van der Waals surface area (Å²) in [5.41, 5.74) is 3.03. The highest BCUT2D eigenvalue weighted by molar-refractivity contribution is 8.07. The van der Waals surface area contributed by atoms with E-state index >= 15 is 0 Å². The van der Waals surface area contributed by atoms with E-state index in [0.29, 0.717) is 17.2 Å². The Balaban J connectivity index is 1.93. The zero-order valence-corrected chi connectivity index (χ0v) is 11.7. The van der Waals surface area contributed by atoms with Gasteiger partial charge >= 0.3 is 0 Å². The van der Waals surface area contributed by atoms with Crippen LogP contribution in [0.15, 0.2) is 0 Å². The van der Waals surface area contributed by atoms with E-state index in [1.165, 1.54) is 5.75 Å². The third kappa shape index (κ3) is 2.88. The van der Waals surface area contributed by atoms with Crippen LogP contribution < -0.4 is 11.3 Å². The van der Waals surface area contributed by atoms with Gasteiger partial charge in [-0.25, -0.2) is 0 Å². The summed E-state index contributed by atoms with van der Waals surface area (Å²) in [5.74, 6) is 7.55. The first-order valence-electron chi connectivity index (χ1n) is 6.03. The van der Waals surface area contributed by atoms with Crippen molar-refractivity contribution >= 4 is 23.5 Å². The first-order valence-corrected chi connectivity index (χ1v) is 8.02. The van der Waals surface area contributed by atoms with Gasteiger partial charge in [0.2, 0.25) is 0 Å². The number of thioether (sulfide) groups is 2. The Morgan fingerprint density at radius 1 is 1.38 bits per heavy atom. The fraction of sp³-hybridized carbons (Fsp3) is 1.00. The normalized spacial score (nSPS) is 42.2. The fourth-order valence-electron chi connectivity index (χ4n) is 2.38. The second-order valence-electron chi connectivity index (χ2n) is 4.73. The molecule has 0 aromatic rings. The van der Waals surface area contributed by atoms with Crippen molar-refractivity contribution in [2.75, 3.05) is 19.0 Å². The maximum atomic E-state index is 5.74. The predicted octanol–water partition coefficient (Wildman–Crippen LogP) is 1.48. The summed E-state index contributed by atoms with van der Waals surface area (Å²) in [6.07, 6.45) is 1.15. The Morgan fingerprint density at radius 2 is 2.19 bits per heavy atom. The molecule has 0 aromatic heterocycles. The van der Waals surface area contributed by atoms with Crippen molar-refractivity contribution in [2.45, 2.75) is 42.1 Å². The molecule has 3 N–H and O–H groups in total. The van der Waals surface area contributed by atoms with Gasteiger partial charge in [0.15, 0.2) is 0 Å². The van der Waals surface area contributed by atoms with Gasteiger partial charge in [0.05, 0.1) is 6.61 Å². The summed E-state index contributed by atoms with van der Waals surface area (Å²) in [4.78, 5) is 0. The van der Waals surface area contributed by atoms with Crippen LogP contribution in [-0.4, -0.2) is 40.8 Å². The number of nitrogens with one attached hydrogen (secondary N) is 1. The van der Waals surface area contributed by atoms with E-state index in [2.05, 4.69) is 42.8 Å². The van der Waals surface area contributed by atoms with E-state index in [4.69, 9.17) is 10.6 Å². The summed E-state index contributed by atoms with van der Waals surface area (Å²) in [7, 11) is 0. The minimum atomic E-state index is 0.412. The number of rotatable bonds is 3. The molecule has 2 fully saturated rings. The average Bonchev–Trinajstić information content (AvgIpc) is 2.78. The number of ether oxygens (including phenoxy) is 1. The maximum Gasteiger partial charge on any atom is 0.0510 e. The molecule has 2 aliphatic heterocycles. The molecule has 2 rings (SSSR count). The van der Waals surface area contributed by atoms with Crippen LogP contribution in [0, 0.1) is 5.92 Å². The molecular formula is C11H22N2OS2. The van der Waals surface area contributed by atoms with Crippen LogP contribution in [0.2, 0.25) is 0 Å². The second kappa shape index (κ2) is 5.96. The molecule has 2 heterocycles. The quantitative estimate of drug-likeness (QED) is 0.596. The molecule has 5 unspecified atom stereocenters. The molecule has 5 atom stereocenters. The first kappa shape index (κ1) is 13.0. The molecule has 0 amide bonds. The Kier molecular flexibility index (Phi) is 4.85. The van der Waals surface area contributed by atoms with Gasteiger partial charge in [0.1, 0.15) is 0 Å². The van der Waals surface area contributed by atoms with Crippen molar-refractivity contribution in [3.05, 3.63) is 0 Å². The molecule has 0 radical (unpaired) electrons. The van der Waals surface area contributed by atoms with Gasteiger partial charge in [-0.1, -0.05) is 13.8 Å². The van der Waals surface area contributed by atoms with Gasteiger partial charge < -0.3 is 4.74 Å². The lowest BCUT2D eigenvalue weighted by Crippen LogP contribution is -2.51. The highest BCUT2D eigenvalue weighted by atomic mass is 32.2. The van der Waals surface area contributed by atoms with Crippen molar-refractivity contribution in [3.63, 3.8) is 0 Å². The van der Waals surface area contributed by atoms with Gasteiger partial charge in [-0.05, 0) is 6.42 Å². The molecule has 0 aliphatic carbocycles. The Hall–Kier alpha value is 0.580. The lowest BCUT2D eigenvalue weighted by molar-refractivity contribution is 0.176. The van der Waals surface area contributed by atoms with Crippen LogP contribution in [0.1, 0.15) is 20.3 Å². The summed E-state index contributed by atoms with van der Waals surface area (Å²) in [6, 6.07) is 0.412. The minimum absolute atomic E-state index is 0.412. The van der Waals surface area contributed by atoms with Crippen molar-refractivity contribution in [1.82, 2.24) is 5.43 Å². The number of nitrogens with two attached hydrogens (primary N) is 1. The Morgan fingerprint density at radius 3 is 2.75 bits per heavy atom. The van der Waals surface area contributed by atoms with Crippen LogP contribution in [0.5, 0.6) is 0 Å². The maximum absolute atomic E-state index is 5.74. The lowest BCUT2D eigenvalue weighted by atomic mass is 9.97. The van der Waals surface area contributed by atoms with Crippen LogP contribution in [0.25, 0.3) is 0 Å². The molecule has 0 aromatic carbocycles.